The highest BCUT2D eigenvalue weighted by atomic mass is 16.1. The Balaban J connectivity index is 2.11. The van der Waals surface area contributed by atoms with Gasteiger partial charge in [-0.25, -0.2) is 4.98 Å². The van der Waals surface area contributed by atoms with Crippen molar-refractivity contribution in [3.05, 3.63) is 18.3 Å². The number of pyridine rings is 1. The fourth-order valence-electron chi connectivity index (χ4n) is 2.91. The van der Waals surface area contributed by atoms with Crippen LogP contribution in [0.25, 0.3) is 0 Å². The molecule has 2 unspecified atom stereocenters. The molecule has 1 heterocycles. The van der Waals surface area contributed by atoms with Gasteiger partial charge in [0.05, 0.1) is 5.69 Å². The minimum atomic E-state index is 0.0315. The fraction of sp³-hybridized carbons (Fsp3) is 0.600. The summed E-state index contributed by atoms with van der Waals surface area (Å²) in [6.07, 6.45) is 6.02. The molecule has 0 spiro atoms. The van der Waals surface area contributed by atoms with E-state index < -0.39 is 0 Å². The highest BCUT2D eigenvalue weighted by molar-refractivity contribution is 5.95. The van der Waals surface area contributed by atoms with Gasteiger partial charge in [-0.2, -0.15) is 0 Å². The lowest BCUT2D eigenvalue weighted by Crippen LogP contribution is -2.36. The van der Waals surface area contributed by atoms with Crippen molar-refractivity contribution in [2.75, 3.05) is 30.9 Å². The summed E-state index contributed by atoms with van der Waals surface area (Å²) in [5, 5.41) is 3.03. The first kappa shape index (κ1) is 14.8. The Morgan fingerprint density at radius 3 is 2.90 bits per heavy atom. The summed E-state index contributed by atoms with van der Waals surface area (Å²) in [5.41, 5.74) is 6.57. The van der Waals surface area contributed by atoms with Crippen LogP contribution in [0.5, 0.6) is 0 Å². The standard InChI is InChI=1S/C15H24N4O/c1-19(2)14-13(8-5-9-17-14)18-15(20)12-7-4-3-6-11(12)10-16/h5,8-9,11-12H,3-4,6-7,10,16H2,1-2H3,(H,18,20). The van der Waals surface area contributed by atoms with E-state index in [1.54, 1.807) is 6.20 Å². The zero-order valence-corrected chi connectivity index (χ0v) is 12.3. The van der Waals surface area contributed by atoms with Crippen LogP contribution < -0.4 is 16.0 Å². The van der Waals surface area contributed by atoms with E-state index in [0.717, 1.165) is 30.8 Å². The molecule has 0 aromatic carbocycles. The van der Waals surface area contributed by atoms with Crippen molar-refractivity contribution >= 4 is 17.4 Å². The van der Waals surface area contributed by atoms with Gasteiger partial charge in [0.1, 0.15) is 0 Å². The summed E-state index contributed by atoms with van der Waals surface area (Å²) in [6.45, 7) is 0.589. The molecule has 20 heavy (non-hydrogen) atoms. The van der Waals surface area contributed by atoms with Gasteiger partial charge in [0.15, 0.2) is 5.82 Å². The number of carbonyl (C=O) groups is 1. The highest BCUT2D eigenvalue weighted by Crippen LogP contribution is 2.31. The van der Waals surface area contributed by atoms with E-state index >= 15 is 0 Å². The Labute approximate surface area is 120 Å². The van der Waals surface area contributed by atoms with Gasteiger partial charge in [-0.05, 0) is 37.4 Å². The first-order valence-corrected chi connectivity index (χ1v) is 7.26. The van der Waals surface area contributed by atoms with Gasteiger partial charge < -0.3 is 16.0 Å². The average Bonchev–Trinajstić information content (AvgIpc) is 2.47. The van der Waals surface area contributed by atoms with Gasteiger partial charge in [0, 0.05) is 26.2 Å². The van der Waals surface area contributed by atoms with Crippen molar-refractivity contribution in [2.45, 2.75) is 25.7 Å². The van der Waals surface area contributed by atoms with E-state index in [-0.39, 0.29) is 11.8 Å². The maximum atomic E-state index is 12.5. The van der Waals surface area contributed by atoms with Gasteiger partial charge >= 0.3 is 0 Å². The number of amides is 1. The van der Waals surface area contributed by atoms with Crippen molar-refractivity contribution in [3.8, 4) is 0 Å². The molecule has 1 aliphatic rings. The van der Waals surface area contributed by atoms with Crippen LogP contribution in [0.2, 0.25) is 0 Å². The fourth-order valence-corrected chi connectivity index (χ4v) is 2.91. The largest absolute Gasteiger partial charge is 0.361 e. The number of nitrogens with one attached hydrogen (secondary N) is 1. The van der Waals surface area contributed by atoms with Crippen LogP contribution in [0.1, 0.15) is 25.7 Å². The van der Waals surface area contributed by atoms with Crippen LogP contribution in [0.4, 0.5) is 11.5 Å². The Morgan fingerprint density at radius 2 is 2.20 bits per heavy atom. The molecule has 2 atom stereocenters. The van der Waals surface area contributed by atoms with E-state index in [2.05, 4.69) is 10.3 Å². The van der Waals surface area contributed by atoms with Crippen LogP contribution in [-0.4, -0.2) is 31.5 Å². The Kier molecular flexibility index (Phi) is 4.95. The normalized spacial score (nSPS) is 22.4. The number of hydrogen-bond donors (Lipinski definition) is 2. The predicted molar refractivity (Wildman–Crippen MR) is 81.7 cm³/mol. The summed E-state index contributed by atoms with van der Waals surface area (Å²) >= 11 is 0. The van der Waals surface area contributed by atoms with Gasteiger partial charge in [-0.15, -0.1) is 0 Å². The molecule has 3 N–H and O–H groups in total. The first-order chi connectivity index (χ1) is 9.63. The smallest absolute Gasteiger partial charge is 0.227 e. The van der Waals surface area contributed by atoms with Crippen molar-refractivity contribution < 1.29 is 4.79 Å². The van der Waals surface area contributed by atoms with Crippen LogP contribution in [0, 0.1) is 11.8 Å². The van der Waals surface area contributed by atoms with E-state index in [1.165, 1.54) is 6.42 Å². The third kappa shape index (κ3) is 3.28. The number of nitrogens with two attached hydrogens (primary N) is 1. The van der Waals surface area contributed by atoms with E-state index in [9.17, 15) is 4.79 Å². The molecule has 110 valence electrons. The molecule has 2 rings (SSSR count). The quantitative estimate of drug-likeness (QED) is 0.880. The van der Waals surface area contributed by atoms with Crippen LogP contribution in [0.3, 0.4) is 0 Å². The molecule has 1 amide bonds. The van der Waals surface area contributed by atoms with E-state index in [0.29, 0.717) is 12.5 Å². The zero-order valence-electron chi connectivity index (χ0n) is 12.3. The van der Waals surface area contributed by atoms with E-state index in [4.69, 9.17) is 5.73 Å². The van der Waals surface area contributed by atoms with Crippen molar-refractivity contribution in [2.24, 2.45) is 17.6 Å². The number of hydrogen-bond acceptors (Lipinski definition) is 4. The zero-order chi connectivity index (χ0) is 14.5. The van der Waals surface area contributed by atoms with Gasteiger partial charge in [-0.1, -0.05) is 12.8 Å². The molecule has 5 heteroatoms. The second-order valence-corrected chi connectivity index (χ2v) is 5.64. The third-order valence-corrected chi connectivity index (χ3v) is 4.02. The number of carbonyl (C=O) groups excluding carboxylic acids is 1. The van der Waals surface area contributed by atoms with Crippen LogP contribution in [0.15, 0.2) is 18.3 Å². The Bertz CT molecular complexity index is 461. The van der Waals surface area contributed by atoms with Crippen molar-refractivity contribution in [3.63, 3.8) is 0 Å². The van der Waals surface area contributed by atoms with Crippen molar-refractivity contribution in [1.29, 1.82) is 0 Å². The lowest BCUT2D eigenvalue weighted by molar-refractivity contribution is -0.122. The summed E-state index contributed by atoms with van der Waals surface area (Å²) < 4.78 is 0. The number of nitrogens with zero attached hydrogens (tertiary/aromatic N) is 2. The molecule has 5 nitrogen and oxygen atoms in total. The first-order valence-electron chi connectivity index (χ1n) is 7.26. The second-order valence-electron chi connectivity index (χ2n) is 5.64. The topological polar surface area (TPSA) is 71.2 Å². The average molecular weight is 276 g/mol. The predicted octanol–water partition coefficient (Wildman–Crippen LogP) is 1.85. The molecule has 1 fully saturated rings. The minimum absolute atomic E-state index is 0.0315. The summed E-state index contributed by atoms with van der Waals surface area (Å²) in [6, 6.07) is 3.73. The molecule has 0 radical (unpaired) electrons. The van der Waals surface area contributed by atoms with Gasteiger partial charge in [-0.3, -0.25) is 4.79 Å². The minimum Gasteiger partial charge on any atom is -0.361 e. The maximum Gasteiger partial charge on any atom is 0.227 e. The third-order valence-electron chi connectivity index (χ3n) is 4.02. The van der Waals surface area contributed by atoms with Gasteiger partial charge in [0.2, 0.25) is 5.91 Å². The number of anilines is 2. The molecule has 0 saturated heterocycles. The summed E-state index contributed by atoms with van der Waals surface area (Å²) in [4.78, 5) is 18.7. The number of aromatic nitrogens is 1. The lowest BCUT2D eigenvalue weighted by atomic mass is 9.78. The van der Waals surface area contributed by atoms with Gasteiger partial charge in [0.25, 0.3) is 0 Å². The van der Waals surface area contributed by atoms with Crippen molar-refractivity contribution in [1.82, 2.24) is 4.98 Å². The second kappa shape index (κ2) is 6.70. The monoisotopic (exact) mass is 276 g/mol. The lowest BCUT2D eigenvalue weighted by Gasteiger charge is -2.29. The molecule has 1 aromatic heterocycles. The molecule has 0 aliphatic heterocycles. The molecule has 1 aromatic rings. The van der Waals surface area contributed by atoms with E-state index in [1.807, 2.05) is 31.1 Å². The molecular weight excluding hydrogens is 252 g/mol. The molecular formula is C15H24N4O. The van der Waals surface area contributed by atoms with Crippen LogP contribution in [-0.2, 0) is 4.79 Å². The Hall–Kier alpha value is -1.62. The van der Waals surface area contributed by atoms with Crippen LogP contribution >= 0.6 is 0 Å². The SMILES string of the molecule is CN(C)c1ncccc1NC(=O)C1CCCCC1CN. The molecule has 0 bridgehead atoms. The number of rotatable bonds is 4. The summed E-state index contributed by atoms with van der Waals surface area (Å²) in [7, 11) is 3.84. The molecule has 1 saturated carbocycles. The molecule has 1 aliphatic carbocycles. The highest BCUT2D eigenvalue weighted by Gasteiger charge is 2.30. The Morgan fingerprint density at radius 1 is 1.45 bits per heavy atom. The summed E-state index contributed by atoms with van der Waals surface area (Å²) in [5.74, 6) is 1.20. The maximum absolute atomic E-state index is 12.5.